The third-order valence-electron chi connectivity index (χ3n) is 3.83. The first-order valence-corrected chi connectivity index (χ1v) is 11.5. The maximum atomic E-state index is 12.5. The zero-order valence-corrected chi connectivity index (χ0v) is 16.9. The highest BCUT2D eigenvalue weighted by Gasteiger charge is 2.27. The maximum absolute atomic E-state index is 12.5. The van der Waals surface area contributed by atoms with Gasteiger partial charge >= 0.3 is 10.1 Å². The Kier molecular flexibility index (Phi) is 5.37. The van der Waals surface area contributed by atoms with Crippen LogP contribution in [0.25, 0.3) is 0 Å². The first-order valence-electron chi connectivity index (χ1n) is 7.59. The van der Waals surface area contributed by atoms with Gasteiger partial charge in [0.1, 0.15) is 10.6 Å². The molecular weight excluding hydrogens is 477 g/mol. The molecule has 1 aliphatic heterocycles. The molecule has 0 amide bonds. The zero-order valence-electron chi connectivity index (χ0n) is 13.1. The van der Waals surface area contributed by atoms with E-state index in [4.69, 9.17) is 4.18 Å². The fourth-order valence-electron chi connectivity index (χ4n) is 2.52. The molecule has 0 unspecified atom stereocenters. The van der Waals surface area contributed by atoms with Crippen LogP contribution < -0.4 is 4.18 Å². The van der Waals surface area contributed by atoms with E-state index < -0.39 is 20.1 Å². The highest BCUT2D eigenvalue weighted by atomic mass is 127. The van der Waals surface area contributed by atoms with Gasteiger partial charge in [0.05, 0.1) is 4.90 Å². The van der Waals surface area contributed by atoms with Crippen molar-refractivity contribution >= 4 is 42.7 Å². The molecule has 1 aliphatic rings. The van der Waals surface area contributed by atoms with E-state index in [9.17, 15) is 16.8 Å². The average molecular weight is 493 g/mol. The van der Waals surface area contributed by atoms with E-state index in [1.165, 1.54) is 28.6 Å². The normalized spacial score (nSPS) is 16.0. The second kappa shape index (κ2) is 7.22. The van der Waals surface area contributed by atoms with E-state index in [0.29, 0.717) is 13.1 Å². The fraction of sp³-hybridized carbons (Fsp3) is 0.250. The first kappa shape index (κ1) is 18.6. The number of halogens is 1. The molecule has 0 saturated carbocycles. The van der Waals surface area contributed by atoms with Crippen molar-refractivity contribution in [3.05, 3.63) is 52.1 Å². The topological polar surface area (TPSA) is 80.8 Å². The molecule has 2 aromatic carbocycles. The summed E-state index contributed by atoms with van der Waals surface area (Å²) in [5, 5.41) is 0. The number of benzene rings is 2. The Morgan fingerprint density at radius 1 is 0.800 bits per heavy atom. The van der Waals surface area contributed by atoms with Gasteiger partial charge in [-0.05, 0) is 84.0 Å². The van der Waals surface area contributed by atoms with Crippen molar-refractivity contribution in [3.63, 3.8) is 0 Å². The molecule has 0 radical (unpaired) electrons. The van der Waals surface area contributed by atoms with Gasteiger partial charge < -0.3 is 4.18 Å². The van der Waals surface area contributed by atoms with Gasteiger partial charge in [0.25, 0.3) is 0 Å². The van der Waals surface area contributed by atoms with Crippen LogP contribution >= 0.6 is 22.6 Å². The lowest BCUT2D eigenvalue weighted by Crippen LogP contribution is -2.27. The van der Waals surface area contributed by atoms with E-state index >= 15 is 0 Å². The lowest BCUT2D eigenvalue weighted by molar-refractivity contribution is 0.476. The van der Waals surface area contributed by atoms with Crippen LogP contribution in [0, 0.1) is 3.57 Å². The molecule has 2 aromatic rings. The summed E-state index contributed by atoms with van der Waals surface area (Å²) in [6.45, 7) is 0.997. The molecule has 134 valence electrons. The summed E-state index contributed by atoms with van der Waals surface area (Å²) in [4.78, 5) is -0.00552. The van der Waals surface area contributed by atoms with Gasteiger partial charge in [-0.1, -0.05) is 0 Å². The molecule has 0 aliphatic carbocycles. The lowest BCUT2D eigenvalue weighted by atomic mass is 10.3. The zero-order chi connectivity index (χ0) is 18.1. The molecule has 0 N–H and O–H groups in total. The number of sulfonamides is 1. The lowest BCUT2D eigenvalue weighted by Gasteiger charge is -2.15. The molecule has 0 atom stereocenters. The summed E-state index contributed by atoms with van der Waals surface area (Å²) in [7, 11) is -7.59. The van der Waals surface area contributed by atoms with E-state index in [2.05, 4.69) is 22.6 Å². The quantitative estimate of drug-likeness (QED) is 0.473. The SMILES string of the molecule is O=S(=O)(Oc1ccc(I)cc1)c1ccc(S(=O)(=O)N2CCCC2)cc1. The van der Waals surface area contributed by atoms with E-state index in [1.54, 1.807) is 24.3 Å². The Labute approximate surface area is 161 Å². The third kappa shape index (κ3) is 4.15. The van der Waals surface area contributed by atoms with Gasteiger partial charge in [0, 0.05) is 16.7 Å². The van der Waals surface area contributed by atoms with Crippen LogP contribution in [0.1, 0.15) is 12.8 Å². The summed E-state index contributed by atoms with van der Waals surface area (Å²) < 4.78 is 57.0. The van der Waals surface area contributed by atoms with Crippen molar-refractivity contribution in [2.75, 3.05) is 13.1 Å². The Morgan fingerprint density at radius 2 is 1.32 bits per heavy atom. The molecule has 6 nitrogen and oxygen atoms in total. The standard InChI is InChI=1S/C16H16INO5S2/c17-13-3-5-14(6-4-13)23-25(21,22)16-9-7-15(8-10-16)24(19,20)18-11-1-2-12-18/h3-10H,1-2,11-12H2. The van der Waals surface area contributed by atoms with Crippen LogP contribution in [0.2, 0.25) is 0 Å². The fourth-order valence-corrected chi connectivity index (χ4v) is 5.33. The van der Waals surface area contributed by atoms with Crippen molar-refractivity contribution < 1.29 is 21.0 Å². The maximum Gasteiger partial charge on any atom is 0.339 e. The molecule has 1 fully saturated rings. The molecule has 0 aromatic heterocycles. The predicted octanol–water partition coefficient (Wildman–Crippen LogP) is 2.84. The Balaban J connectivity index is 1.82. The summed E-state index contributed by atoms with van der Waals surface area (Å²) in [6, 6.07) is 11.7. The van der Waals surface area contributed by atoms with Crippen LogP contribution in [0.5, 0.6) is 5.75 Å². The Bertz CT molecular complexity index is 949. The van der Waals surface area contributed by atoms with Gasteiger partial charge in [0.15, 0.2) is 0 Å². The van der Waals surface area contributed by atoms with Crippen molar-refractivity contribution in [1.82, 2.24) is 4.31 Å². The minimum atomic E-state index is -4.02. The van der Waals surface area contributed by atoms with Crippen molar-refractivity contribution in [2.24, 2.45) is 0 Å². The van der Waals surface area contributed by atoms with Gasteiger partial charge in [-0.3, -0.25) is 0 Å². The van der Waals surface area contributed by atoms with E-state index in [0.717, 1.165) is 16.4 Å². The summed E-state index contributed by atoms with van der Waals surface area (Å²) in [5.41, 5.74) is 0. The average Bonchev–Trinajstić information content (AvgIpc) is 3.12. The van der Waals surface area contributed by atoms with E-state index in [1.807, 2.05) is 0 Å². The van der Waals surface area contributed by atoms with E-state index in [-0.39, 0.29) is 15.5 Å². The molecule has 25 heavy (non-hydrogen) atoms. The molecule has 1 saturated heterocycles. The van der Waals surface area contributed by atoms with Crippen molar-refractivity contribution in [3.8, 4) is 5.75 Å². The van der Waals surface area contributed by atoms with Crippen LogP contribution in [-0.4, -0.2) is 34.2 Å². The number of hydrogen-bond acceptors (Lipinski definition) is 5. The first-order chi connectivity index (χ1) is 11.8. The van der Waals surface area contributed by atoms with Crippen LogP contribution in [0.4, 0.5) is 0 Å². The van der Waals surface area contributed by atoms with Crippen LogP contribution in [0.3, 0.4) is 0 Å². The van der Waals surface area contributed by atoms with Gasteiger partial charge in [0.2, 0.25) is 10.0 Å². The number of nitrogens with zero attached hydrogens (tertiary/aromatic N) is 1. The minimum absolute atomic E-state index is 0.0858. The Morgan fingerprint density at radius 3 is 1.88 bits per heavy atom. The molecule has 0 bridgehead atoms. The smallest absolute Gasteiger partial charge is 0.339 e. The highest BCUT2D eigenvalue weighted by molar-refractivity contribution is 14.1. The van der Waals surface area contributed by atoms with Crippen LogP contribution in [0.15, 0.2) is 58.3 Å². The van der Waals surface area contributed by atoms with Crippen molar-refractivity contribution in [1.29, 1.82) is 0 Å². The third-order valence-corrected chi connectivity index (χ3v) is 7.73. The van der Waals surface area contributed by atoms with Crippen LogP contribution in [-0.2, 0) is 20.1 Å². The van der Waals surface area contributed by atoms with Gasteiger partial charge in [-0.2, -0.15) is 12.7 Å². The minimum Gasteiger partial charge on any atom is -0.379 e. The number of rotatable bonds is 5. The molecule has 3 rings (SSSR count). The molecule has 1 heterocycles. The number of hydrogen-bond donors (Lipinski definition) is 0. The second-order valence-corrected chi connectivity index (χ2v) is 10.3. The summed E-state index contributed by atoms with van der Waals surface area (Å²) >= 11 is 2.11. The summed E-state index contributed by atoms with van der Waals surface area (Å²) in [6.07, 6.45) is 1.69. The van der Waals surface area contributed by atoms with Gasteiger partial charge in [-0.15, -0.1) is 0 Å². The largest absolute Gasteiger partial charge is 0.379 e. The second-order valence-electron chi connectivity index (χ2n) is 5.57. The molecular formula is C16H16INO5S2. The highest BCUT2D eigenvalue weighted by Crippen LogP contribution is 2.24. The molecule has 0 spiro atoms. The monoisotopic (exact) mass is 493 g/mol. The Hall–Kier alpha value is -1.17. The van der Waals surface area contributed by atoms with Crippen molar-refractivity contribution in [2.45, 2.75) is 22.6 Å². The predicted molar refractivity (Wildman–Crippen MR) is 101 cm³/mol. The van der Waals surface area contributed by atoms with Gasteiger partial charge in [-0.25, -0.2) is 8.42 Å². The summed E-state index contributed by atoms with van der Waals surface area (Å²) in [5.74, 6) is 0.203. The molecule has 9 heteroatoms.